The Morgan fingerprint density at radius 3 is 2.03 bits per heavy atom. The Morgan fingerprint density at radius 1 is 0.889 bits per heavy atom. The molecular formula is C30H42O6. The van der Waals surface area contributed by atoms with Gasteiger partial charge < -0.3 is 24.1 Å². The molecule has 2 aliphatic carbocycles. The van der Waals surface area contributed by atoms with Gasteiger partial charge in [0.15, 0.2) is 11.6 Å². The van der Waals surface area contributed by atoms with Crippen molar-refractivity contribution in [1.82, 2.24) is 0 Å². The first-order chi connectivity index (χ1) is 17.3. The van der Waals surface area contributed by atoms with Crippen molar-refractivity contribution < 1.29 is 28.8 Å². The molecule has 2 saturated carbocycles. The van der Waals surface area contributed by atoms with Crippen LogP contribution in [0.3, 0.4) is 0 Å². The van der Waals surface area contributed by atoms with Gasteiger partial charge in [-0.1, -0.05) is 44.2 Å². The third kappa shape index (κ3) is 6.10. The number of aliphatic carboxylic acids is 1. The quantitative estimate of drug-likeness (QED) is 0.221. The maximum absolute atomic E-state index is 10.9. The van der Waals surface area contributed by atoms with Gasteiger partial charge in [-0.05, 0) is 62.2 Å². The first-order valence-corrected chi connectivity index (χ1v) is 13.5. The van der Waals surface area contributed by atoms with Crippen LogP contribution in [0, 0.1) is 0 Å². The molecule has 0 radical (unpaired) electrons. The molecular weight excluding hydrogens is 456 g/mol. The Balaban J connectivity index is 1.53. The lowest BCUT2D eigenvalue weighted by atomic mass is 9.92. The van der Waals surface area contributed by atoms with Gasteiger partial charge in [-0.3, -0.25) is 0 Å². The van der Waals surface area contributed by atoms with Gasteiger partial charge in [0.2, 0.25) is 0 Å². The number of carboxylic acids is 1. The fraction of sp³-hybridized carbons (Fsp3) is 0.633. The Bertz CT molecular complexity index is 902. The second-order valence-electron chi connectivity index (χ2n) is 10.8. The van der Waals surface area contributed by atoms with Crippen LogP contribution >= 0.6 is 0 Å². The molecule has 198 valence electrons. The topological polar surface area (TPSA) is 74.2 Å². The molecule has 0 bridgehead atoms. The van der Waals surface area contributed by atoms with Crippen LogP contribution in [-0.2, 0) is 23.7 Å². The molecule has 6 nitrogen and oxygen atoms in total. The molecule has 0 unspecified atom stereocenters. The normalized spacial score (nSPS) is 31.8. The minimum absolute atomic E-state index is 0.141. The molecule has 4 fully saturated rings. The largest absolute Gasteiger partial charge is 0.478 e. The average molecular weight is 499 g/mol. The van der Waals surface area contributed by atoms with Gasteiger partial charge in [-0.25, -0.2) is 4.79 Å². The van der Waals surface area contributed by atoms with Crippen molar-refractivity contribution in [3.05, 3.63) is 60.8 Å². The van der Waals surface area contributed by atoms with Crippen LogP contribution in [-0.4, -0.2) is 47.1 Å². The summed E-state index contributed by atoms with van der Waals surface area (Å²) in [7, 11) is 0. The van der Waals surface area contributed by atoms with Gasteiger partial charge in [-0.2, -0.15) is 0 Å². The molecule has 4 atom stereocenters. The van der Waals surface area contributed by atoms with Crippen molar-refractivity contribution in [2.45, 2.75) is 120 Å². The minimum Gasteiger partial charge on any atom is -0.478 e. The molecule has 0 aromatic rings. The van der Waals surface area contributed by atoms with E-state index in [-0.39, 0.29) is 24.4 Å². The van der Waals surface area contributed by atoms with Crippen molar-refractivity contribution in [2.24, 2.45) is 0 Å². The minimum atomic E-state index is -0.956. The van der Waals surface area contributed by atoms with Crippen LogP contribution in [0.15, 0.2) is 60.8 Å². The second kappa shape index (κ2) is 11.6. The summed E-state index contributed by atoms with van der Waals surface area (Å²) in [4.78, 5) is 10.9. The molecule has 0 aromatic heterocycles. The predicted molar refractivity (Wildman–Crippen MR) is 139 cm³/mol. The van der Waals surface area contributed by atoms with Crippen LogP contribution in [0.1, 0.15) is 84.0 Å². The van der Waals surface area contributed by atoms with Gasteiger partial charge in [0.25, 0.3) is 0 Å². The van der Waals surface area contributed by atoms with E-state index in [0.29, 0.717) is 18.4 Å². The van der Waals surface area contributed by atoms with E-state index in [0.717, 1.165) is 62.5 Å². The Morgan fingerprint density at radius 2 is 1.44 bits per heavy atom. The van der Waals surface area contributed by atoms with E-state index in [4.69, 9.17) is 24.1 Å². The van der Waals surface area contributed by atoms with E-state index in [1.54, 1.807) is 13.0 Å². The standard InChI is InChI=1S/C30H42O6/c1-5-13-24-27(35-29(33-24)16-8-6-9-17-29)23(4)28-26(34-30(36-28)18-10-7-11-19-30)22(3)15-12-14-21(2)20-25(31)32/h5,12,14,20,24,26-28H,1,3-4,6-11,13,15-19H2,2H3,(H,31,32)/b14-12+,21-20+/t24-,26-,27-,28-/m1/s1. The van der Waals surface area contributed by atoms with E-state index < -0.39 is 17.5 Å². The number of carboxylic acid groups (broad SMARTS) is 1. The number of hydrogen-bond donors (Lipinski definition) is 1. The third-order valence-electron chi connectivity index (χ3n) is 7.88. The molecule has 2 saturated heterocycles. The summed E-state index contributed by atoms with van der Waals surface area (Å²) in [6.45, 7) is 14.6. The lowest BCUT2D eigenvalue weighted by molar-refractivity contribution is -0.196. The molecule has 4 rings (SSSR count). The summed E-state index contributed by atoms with van der Waals surface area (Å²) in [5.41, 5.74) is 2.41. The fourth-order valence-corrected chi connectivity index (χ4v) is 6.07. The lowest BCUT2D eigenvalue weighted by Gasteiger charge is -2.33. The van der Waals surface area contributed by atoms with E-state index >= 15 is 0 Å². The molecule has 1 N–H and O–H groups in total. The van der Waals surface area contributed by atoms with Crippen molar-refractivity contribution in [1.29, 1.82) is 0 Å². The van der Waals surface area contributed by atoms with Gasteiger partial charge in [0.1, 0.15) is 18.3 Å². The highest BCUT2D eigenvalue weighted by molar-refractivity contribution is 5.81. The van der Waals surface area contributed by atoms with Crippen molar-refractivity contribution in [3.8, 4) is 0 Å². The van der Waals surface area contributed by atoms with Crippen molar-refractivity contribution in [2.75, 3.05) is 0 Å². The molecule has 0 amide bonds. The highest BCUT2D eigenvalue weighted by Crippen LogP contribution is 2.48. The van der Waals surface area contributed by atoms with Gasteiger partial charge in [0.05, 0.1) is 6.10 Å². The van der Waals surface area contributed by atoms with Gasteiger partial charge >= 0.3 is 5.97 Å². The lowest BCUT2D eigenvalue weighted by Crippen LogP contribution is -2.37. The summed E-state index contributed by atoms with van der Waals surface area (Å²) in [5.74, 6) is -2.11. The molecule has 0 aromatic carbocycles. The molecule has 2 heterocycles. The maximum Gasteiger partial charge on any atom is 0.328 e. The Kier molecular flexibility index (Phi) is 8.71. The molecule has 2 aliphatic heterocycles. The van der Waals surface area contributed by atoms with Crippen molar-refractivity contribution in [3.63, 3.8) is 0 Å². The molecule has 36 heavy (non-hydrogen) atoms. The highest BCUT2D eigenvalue weighted by Gasteiger charge is 2.54. The number of rotatable bonds is 9. The van der Waals surface area contributed by atoms with Gasteiger partial charge in [-0.15, -0.1) is 6.58 Å². The average Bonchev–Trinajstić information content (AvgIpc) is 3.38. The van der Waals surface area contributed by atoms with E-state index in [9.17, 15) is 4.79 Å². The zero-order valence-corrected chi connectivity index (χ0v) is 21.7. The third-order valence-corrected chi connectivity index (χ3v) is 7.88. The van der Waals surface area contributed by atoms with E-state index in [1.165, 1.54) is 18.9 Å². The first kappa shape index (κ1) is 27.1. The molecule has 6 heteroatoms. The molecule has 4 aliphatic rings. The number of hydrogen-bond acceptors (Lipinski definition) is 5. The van der Waals surface area contributed by atoms with Crippen LogP contribution in [0.2, 0.25) is 0 Å². The summed E-state index contributed by atoms with van der Waals surface area (Å²) >= 11 is 0. The number of ether oxygens (including phenoxy) is 4. The van der Waals surface area contributed by atoms with E-state index in [1.807, 2.05) is 12.2 Å². The zero-order chi connectivity index (χ0) is 25.8. The summed E-state index contributed by atoms with van der Waals surface area (Å²) in [6, 6.07) is 0. The fourth-order valence-electron chi connectivity index (χ4n) is 6.07. The van der Waals surface area contributed by atoms with Crippen LogP contribution in [0.25, 0.3) is 0 Å². The van der Waals surface area contributed by atoms with Gasteiger partial charge in [0, 0.05) is 31.8 Å². The second-order valence-corrected chi connectivity index (χ2v) is 10.8. The summed E-state index contributed by atoms with van der Waals surface area (Å²) < 4.78 is 26.6. The summed E-state index contributed by atoms with van der Waals surface area (Å²) in [5, 5.41) is 8.95. The number of allylic oxidation sites excluding steroid dienone is 3. The first-order valence-electron chi connectivity index (χ1n) is 13.5. The zero-order valence-electron chi connectivity index (χ0n) is 21.7. The smallest absolute Gasteiger partial charge is 0.328 e. The van der Waals surface area contributed by atoms with Crippen molar-refractivity contribution >= 4 is 5.97 Å². The molecule has 2 spiro atoms. The maximum atomic E-state index is 10.9. The Labute approximate surface area is 215 Å². The predicted octanol–water partition coefficient (Wildman–Crippen LogP) is 6.54. The van der Waals surface area contributed by atoms with Crippen LogP contribution < -0.4 is 0 Å². The SMILES string of the molecule is C=CC[C@H]1OC2(CCCCC2)O[C@@H]1C(=C)[C@H]1OC2(CCCCC2)O[C@@H]1C(=C)C/C=C/C(C)=C/C(=O)O. The Hall–Kier alpha value is -1.99. The summed E-state index contributed by atoms with van der Waals surface area (Å²) in [6.07, 6.45) is 17.2. The number of carbonyl (C=O) groups is 1. The van der Waals surface area contributed by atoms with Crippen LogP contribution in [0.4, 0.5) is 0 Å². The highest BCUT2D eigenvalue weighted by atomic mass is 16.8. The monoisotopic (exact) mass is 498 g/mol. The van der Waals surface area contributed by atoms with E-state index in [2.05, 4.69) is 19.7 Å². The van der Waals surface area contributed by atoms with Crippen LogP contribution in [0.5, 0.6) is 0 Å².